The standard InChI is InChI=1S/C11H7F2N3O3S/c12-11(13)18-7-2-1-5(3-8(7)19-11)15-9(17)6-4-20-10(14)16-6/h1-4H,(H2,14,16)(H,15,17). The van der Waals surface area contributed by atoms with Gasteiger partial charge < -0.3 is 20.5 Å². The van der Waals surface area contributed by atoms with Crippen LogP contribution < -0.4 is 20.5 Å². The Labute approximate surface area is 115 Å². The lowest BCUT2D eigenvalue weighted by Gasteiger charge is -2.04. The Bertz CT molecular complexity index is 689. The summed E-state index contributed by atoms with van der Waals surface area (Å²) in [5.74, 6) is -0.736. The molecule has 1 aliphatic heterocycles. The number of benzene rings is 1. The van der Waals surface area contributed by atoms with E-state index in [0.29, 0.717) is 0 Å². The molecule has 1 amide bonds. The molecule has 6 nitrogen and oxygen atoms in total. The lowest BCUT2D eigenvalue weighted by molar-refractivity contribution is -0.286. The number of hydrogen-bond donors (Lipinski definition) is 2. The van der Waals surface area contributed by atoms with Crippen LogP contribution in [0.15, 0.2) is 23.6 Å². The van der Waals surface area contributed by atoms with Crippen LogP contribution in [0.25, 0.3) is 0 Å². The van der Waals surface area contributed by atoms with Gasteiger partial charge in [-0.1, -0.05) is 0 Å². The molecular weight excluding hydrogens is 292 g/mol. The summed E-state index contributed by atoms with van der Waals surface area (Å²) in [6.07, 6.45) is -3.69. The van der Waals surface area contributed by atoms with Crippen molar-refractivity contribution in [2.24, 2.45) is 0 Å². The topological polar surface area (TPSA) is 86.5 Å². The predicted molar refractivity (Wildman–Crippen MR) is 67.1 cm³/mol. The Hall–Kier alpha value is -2.42. The highest BCUT2D eigenvalue weighted by Gasteiger charge is 2.43. The molecule has 1 aromatic carbocycles. The highest BCUT2D eigenvalue weighted by Crippen LogP contribution is 2.42. The summed E-state index contributed by atoms with van der Waals surface area (Å²) in [5.41, 5.74) is 5.85. The fraction of sp³-hybridized carbons (Fsp3) is 0.0909. The second kappa shape index (κ2) is 4.30. The fourth-order valence-corrected chi connectivity index (χ4v) is 2.16. The van der Waals surface area contributed by atoms with Crippen molar-refractivity contribution in [2.45, 2.75) is 6.29 Å². The van der Waals surface area contributed by atoms with Crippen LogP contribution in [0, 0.1) is 0 Å². The minimum absolute atomic E-state index is 0.0918. The van der Waals surface area contributed by atoms with Gasteiger partial charge in [0.2, 0.25) is 0 Å². The third kappa shape index (κ3) is 2.35. The van der Waals surface area contributed by atoms with Crippen molar-refractivity contribution in [2.75, 3.05) is 11.1 Å². The number of anilines is 2. The molecule has 0 fully saturated rings. The molecule has 0 saturated heterocycles. The molecule has 0 radical (unpaired) electrons. The zero-order valence-electron chi connectivity index (χ0n) is 9.72. The van der Waals surface area contributed by atoms with Gasteiger partial charge in [0.15, 0.2) is 16.6 Å². The average molecular weight is 299 g/mol. The van der Waals surface area contributed by atoms with E-state index in [0.717, 1.165) is 11.3 Å². The number of nitrogen functional groups attached to an aromatic ring is 1. The third-order valence-electron chi connectivity index (χ3n) is 2.41. The minimum atomic E-state index is -3.69. The number of nitrogens with two attached hydrogens (primary N) is 1. The first-order valence-electron chi connectivity index (χ1n) is 5.35. The lowest BCUT2D eigenvalue weighted by Crippen LogP contribution is -2.25. The lowest BCUT2D eigenvalue weighted by atomic mass is 10.2. The number of aromatic nitrogens is 1. The number of ether oxygens (including phenoxy) is 2. The number of nitrogens with zero attached hydrogens (tertiary/aromatic N) is 1. The molecule has 9 heteroatoms. The first kappa shape index (κ1) is 12.6. The van der Waals surface area contributed by atoms with Crippen LogP contribution >= 0.6 is 11.3 Å². The number of halogens is 2. The Kier molecular flexibility index (Phi) is 2.71. The number of amides is 1. The highest BCUT2D eigenvalue weighted by molar-refractivity contribution is 7.13. The van der Waals surface area contributed by atoms with Crippen molar-refractivity contribution in [1.82, 2.24) is 4.98 Å². The summed E-state index contributed by atoms with van der Waals surface area (Å²) in [6, 6.07) is 3.93. The first-order chi connectivity index (χ1) is 9.43. The van der Waals surface area contributed by atoms with Crippen LogP contribution in [-0.4, -0.2) is 17.2 Å². The number of hydrogen-bond acceptors (Lipinski definition) is 6. The maximum Gasteiger partial charge on any atom is 0.586 e. The zero-order chi connectivity index (χ0) is 14.3. The van der Waals surface area contributed by atoms with Gasteiger partial charge in [-0.2, -0.15) is 0 Å². The largest absolute Gasteiger partial charge is 0.586 e. The minimum Gasteiger partial charge on any atom is -0.395 e. The first-order valence-corrected chi connectivity index (χ1v) is 6.23. The summed E-state index contributed by atoms with van der Waals surface area (Å²) in [6.45, 7) is 0. The van der Waals surface area contributed by atoms with Crippen LogP contribution in [0.3, 0.4) is 0 Å². The predicted octanol–water partition coefficient (Wildman–Crippen LogP) is 2.30. The van der Waals surface area contributed by atoms with E-state index in [1.807, 2.05) is 0 Å². The molecule has 0 spiro atoms. The van der Waals surface area contributed by atoms with Gasteiger partial charge in [-0.05, 0) is 12.1 Å². The second-order valence-corrected chi connectivity index (χ2v) is 4.74. The molecule has 0 unspecified atom stereocenters. The Morgan fingerprint density at radius 2 is 2.10 bits per heavy atom. The van der Waals surface area contributed by atoms with Crippen LogP contribution in [0.4, 0.5) is 19.6 Å². The SMILES string of the molecule is Nc1nc(C(=O)Nc2ccc3c(c2)OC(F)(F)O3)cs1. The second-order valence-electron chi connectivity index (χ2n) is 3.85. The number of nitrogens with one attached hydrogen (secondary N) is 1. The van der Waals surface area contributed by atoms with Crippen LogP contribution in [0.2, 0.25) is 0 Å². The van der Waals surface area contributed by atoms with E-state index in [-0.39, 0.29) is 28.0 Å². The molecule has 2 aromatic rings. The van der Waals surface area contributed by atoms with Crippen LogP contribution in [-0.2, 0) is 0 Å². The van der Waals surface area contributed by atoms with Crippen molar-refractivity contribution in [3.63, 3.8) is 0 Å². The molecule has 2 heterocycles. The van der Waals surface area contributed by atoms with Gasteiger partial charge in [0, 0.05) is 17.1 Å². The number of carbonyl (C=O) groups is 1. The quantitative estimate of drug-likeness (QED) is 0.888. The van der Waals surface area contributed by atoms with E-state index in [9.17, 15) is 13.6 Å². The molecule has 1 aromatic heterocycles. The van der Waals surface area contributed by atoms with Crippen molar-refractivity contribution < 1.29 is 23.0 Å². The molecule has 0 aliphatic carbocycles. The number of rotatable bonds is 2. The Morgan fingerprint density at radius 1 is 1.35 bits per heavy atom. The van der Waals surface area contributed by atoms with Crippen molar-refractivity contribution >= 4 is 28.1 Å². The molecule has 3 rings (SSSR count). The number of alkyl halides is 2. The van der Waals surface area contributed by atoms with Crippen LogP contribution in [0.5, 0.6) is 11.5 Å². The van der Waals surface area contributed by atoms with Crippen molar-refractivity contribution in [3.8, 4) is 11.5 Å². The normalized spacial score (nSPS) is 15.1. The van der Waals surface area contributed by atoms with Crippen LogP contribution in [0.1, 0.15) is 10.5 Å². The summed E-state index contributed by atoms with van der Waals surface area (Å²) in [7, 11) is 0. The van der Waals surface area contributed by atoms with Gasteiger partial charge in [-0.15, -0.1) is 20.1 Å². The van der Waals surface area contributed by atoms with Crippen molar-refractivity contribution in [1.29, 1.82) is 0 Å². The average Bonchev–Trinajstić information content (AvgIpc) is 2.90. The third-order valence-corrected chi connectivity index (χ3v) is 3.09. The smallest absolute Gasteiger partial charge is 0.395 e. The summed E-state index contributed by atoms with van der Waals surface area (Å²) in [5, 5.41) is 4.25. The van der Waals surface area contributed by atoms with E-state index in [1.54, 1.807) is 0 Å². The molecule has 3 N–H and O–H groups in total. The molecular formula is C11H7F2N3O3S. The van der Waals surface area contributed by atoms with E-state index in [2.05, 4.69) is 19.8 Å². The van der Waals surface area contributed by atoms with Gasteiger partial charge in [0.05, 0.1) is 0 Å². The maximum atomic E-state index is 12.8. The number of carbonyl (C=O) groups excluding carboxylic acids is 1. The molecule has 20 heavy (non-hydrogen) atoms. The Morgan fingerprint density at radius 3 is 2.80 bits per heavy atom. The molecule has 0 saturated carbocycles. The van der Waals surface area contributed by atoms with E-state index in [1.165, 1.54) is 23.6 Å². The molecule has 0 atom stereocenters. The van der Waals surface area contributed by atoms with Gasteiger partial charge in [0.25, 0.3) is 5.91 Å². The van der Waals surface area contributed by atoms with E-state index >= 15 is 0 Å². The van der Waals surface area contributed by atoms with Gasteiger partial charge in [-0.25, -0.2) is 4.98 Å². The Balaban J connectivity index is 1.78. The van der Waals surface area contributed by atoms with Crippen molar-refractivity contribution in [3.05, 3.63) is 29.3 Å². The maximum absolute atomic E-state index is 12.8. The molecule has 1 aliphatic rings. The molecule has 0 bridgehead atoms. The van der Waals surface area contributed by atoms with Gasteiger partial charge in [-0.3, -0.25) is 4.79 Å². The van der Waals surface area contributed by atoms with Gasteiger partial charge >= 0.3 is 6.29 Å². The molecule has 104 valence electrons. The summed E-state index contributed by atoms with van der Waals surface area (Å²) in [4.78, 5) is 15.6. The van der Waals surface area contributed by atoms with E-state index < -0.39 is 12.2 Å². The summed E-state index contributed by atoms with van der Waals surface area (Å²) < 4.78 is 34.2. The number of thiazole rings is 1. The monoisotopic (exact) mass is 299 g/mol. The number of fused-ring (bicyclic) bond motifs is 1. The highest BCUT2D eigenvalue weighted by atomic mass is 32.1. The van der Waals surface area contributed by atoms with E-state index in [4.69, 9.17) is 5.73 Å². The zero-order valence-corrected chi connectivity index (χ0v) is 10.5. The summed E-state index contributed by atoms with van der Waals surface area (Å²) >= 11 is 1.13. The van der Waals surface area contributed by atoms with Gasteiger partial charge in [0.1, 0.15) is 5.69 Å². The fourth-order valence-electron chi connectivity index (χ4n) is 1.61.